The van der Waals surface area contributed by atoms with Crippen LogP contribution in [0.15, 0.2) is 52.2 Å². The molecule has 0 saturated carbocycles. The van der Waals surface area contributed by atoms with Crippen LogP contribution < -0.4 is 11.2 Å². The average molecular weight is 457 g/mol. The second-order valence-corrected chi connectivity index (χ2v) is 7.19. The van der Waals surface area contributed by atoms with Gasteiger partial charge < -0.3 is 5.73 Å². The fraction of sp³-hybridized carbons (Fsp3) is 0.0526. The molecule has 4 rings (SSSR count). The summed E-state index contributed by atoms with van der Waals surface area (Å²) in [5.74, 6) is -0.513. The number of nitrogen functional groups attached to an aromatic ring is 1. The highest BCUT2D eigenvalue weighted by Crippen LogP contribution is 2.27. The Morgan fingerprint density at radius 2 is 1.87 bits per heavy atom. The van der Waals surface area contributed by atoms with E-state index in [1.807, 2.05) is 31.2 Å². The topological polar surface area (TPSA) is 137 Å². The fourth-order valence-electron chi connectivity index (χ4n) is 2.73. The van der Waals surface area contributed by atoms with Crippen molar-refractivity contribution in [3.8, 4) is 17.1 Å². The van der Waals surface area contributed by atoms with Crippen LogP contribution in [0.4, 0.5) is 5.82 Å². The van der Waals surface area contributed by atoms with Crippen LogP contribution in [-0.4, -0.2) is 37.4 Å². The zero-order chi connectivity index (χ0) is 22.0. The molecule has 12 heteroatoms. The largest absolute Gasteiger partial charge is 0.378 e. The number of hydrogen-bond donors (Lipinski definition) is 2. The first-order valence-electron chi connectivity index (χ1n) is 8.84. The third-order valence-corrected chi connectivity index (χ3v) is 4.93. The zero-order valence-corrected chi connectivity index (χ0v) is 17.5. The van der Waals surface area contributed by atoms with E-state index >= 15 is 0 Å². The number of hydrogen-bond acceptors (Lipinski definition) is 8. The van der Waals surface area contributed by atoms with Crippen LogP contribution >= 0.6 is 23.2 Å². The van der Waals surface area contributed by atoms with Gasteiger partial charge in [0.15, 0.2) is 5.69 Å². The van der Waals surface area contributed by atoms with Gasteiger partial charge in [0.2, 0.25) is 11.6 Å². The second kappa shape index (κ2) is 8.54. The van der Waals surface area contributed by atoms with Gasteiger partial charge in [0.05, 0.1) is 16.3 Å². The Balaban J connectivity index is 1.70. The number of nitrogens with two attached hydrogens (primary N) is 1. The van der Waals surface area contributed by atoms with E-state index in [0.717, 1.165) is 5.56 Å². The average Bonchev–Trinajstić information content (AvgIpc) is 3.36. The summed E-state index contributed by atoms with van der Waals surface area (Å²) in [5.41, 5.74) is 10.7. The maximum absolute atomic E-state index is 12.8. The first-order chi connectivity index (χ1) is 15.0. The van der Waals surface area contributed by atoms with Crippen molar-refractivity contribution in [2.75, 3.05) is 5.73 Å². The molecule has 0 fully saturated rings. The lowest BCUT2D eigenvalue weighted by molar-refractivity contribution is 0.0950. The van der Waals surface area contributed by atoms with Gasteiger partial charge in [-0.25, -0.2) is 10.1 Å². The molecule has 0 saturated heterocycles. The highest BCUT2D eigenvalue weighted by Gasteiger charge is 2.25. The SMILES string of the molecule is Cc1ccc(-c2c(C(=O)N/N=C/c3c(Cl)cccc3Cl)nnn2-c2nonc2N)cc1. The molecule has 0 bridgehead atoms. The van der Waals surface area contributed by atoms with Crippen molar-refractivity contribution in [3.63, 3.8) is 0 Å². The number of benzene rings is 2. The monoisotopic (exact) mass is 456 g/mol. The lowest BCUT2D eigenvalue weighted by Crippen LogP contribution is -2.19. The number of carbonyl (C=O) groups excluding carboxylic acids is 1. The number of aromatic nitrogens is 5. The van der Waals surface area contributed by atoms with Gasteiger partial charge in [-0.15, -0.1) is 5.10 Å². The van der Waals surface area contributed by atoms with E-state index in [1.165, 1.54) is 10.9 Å². The molecule has 0 atom stereocenters. The summed E-state index contributed by atoms with van der Waals surface area (Å²) in [6.45, 7) is 1.95. The number of carbonyl (C=O) groups is 1. The third kappa shape index (κ3) is 4.11. The summed E-state index contributed by atoms with van der Waals surface area (Å²) < 4.78 is 5.93. The number of rotatable bonds is 5. The number of anilines is 1. The van der Waals surface area contributed by atoms with Gasteiger partial charge >= 0.3 is 0 Å². The molecule has 2 aromatic heterocycles. The predicted molar refractivity (Wildman–Crippen MR) is 115 cm³/mol. The van der Waals surface area contributed by atoms with Crippen LogP contribution in [0.2, 0.25) is 10.0 Å². The summed E-state index contributed by atoms with van der Waals surface area (Å²) in [6.07, 6.45) is 1.35. The number of amides is 1. The zero-order valence-electron chi connectivity index (χ0n) is 16.0. The lowest BCUT2D eigenvalue weighted by atomic mass is 10.1. The number of aryl methyl sites for hydroxylation is 1. The quantitative estimate of drug-likeness (QED) is 0.347. The van der Waals surface area contributed by atoms with Crippen LogP contribution in [0.5, 0.6) is 0 Å². The van der Waals surface area contributed by atoms with E-state index in [2.05, 4.69) is 35.8 Å². The first-order valence-corrected chi connectivity index (χ1v) is 9.60. The van der Waals surface area contributed by atoms with Gasteiger partial charge in [-0.2, -0.15) is 9.78 Å². The normalized spacial score (nSPS) is 11.2. The number of hydrazone groups is 1. The minimum absolute atomic E-state index is 0.00315. The van der Waals surface area contributed by atoms with Crippen LogP contribution in [0.1, 0.15) is 21.6 Å². The lowest BCUT2D eigenvalue weighted by Gasteiger charge is -2.06. The molecule has 4 aromatic rings. The molecule has 0 radical (unpaired) electrons. The van der Waals surface area contributed by atoms with Crippen LogP contribution in [0.3, 0.4) is 0 Å². The van der Waals surface area contributed by atoms with Crippen molar-refractivity contribution in [2.24, 2.45) is 5.10 Å². The fourth-order valence-corrected chi connectivity index (χ4v) is 3.23. The molecular formula is C19H14Cl2N8O2. The van der Waals surface area contributed by atoms with Crippen LogP contribution in [0.25, 0.3) is 17.1 Å². The maximum atomic E-state index is 12.8. The molecular weight excluding hydrogens is 443 g/mol. The van der Waals surface area contributed by atoms with Crippen LogP contribution in [0, 0.1) is 6.92 Å². The predicted octanol–water partition coefficient (Wildman–Crippen LogP) is 3.28. The van der Waals surface area contributed by atoms with E-state index in [1.54, 1.807) is 18.2 Å². The molecule has 2 heterocycles. The minimum atomic E-state index is -0.615. The summed E-state index contributed by atoms with van der Waals surface area (Å²) in [7, 11) is 0. The molecule has 10 nitrogen and oxygen atoms in total. The molecule has 156 valence electrons. The third-order valence-electron chi connectivity index (χ3n) is 4.27. The van der Waals surface area contributed by atoms with E-state index in [4.69, 9.17) is 28.9 Å². The van der Waals surface area contributed by atoms with E-state index in [0.29, 0.717) is 26.9 Å². The van der Waals surface area contributed by atoms with Gasteiger partial charge in [0, 0.05) is 11.1 Å². The molecule has 31 heavy (non-hydrogen) atoms. The Kier molecular flexibility index (Phi) is 5.65. The Bertz CT molecular complexity index is 1260. The van der Waals surface area contributed by atoms with Gasteiger partial charge in [0.1, 0.15) is 5.69 Å². The maximum Gasteiger partial charge on any atom is 0.294 e. The summed E-state index contributed by atoms with van der Waals surface area (Å²) in [5, 5.41) is 20.0. The second-order valence-electron chi connectivity index (χ2n) is 6.37. The summed E-state index contributed by atoms with van der Waals surface area (Å²) in [4.78, 5) is 12.8. The Morgan fingerprint density at radius 1 is 1.16 bits per heavy atom. The first kappa shape index (κ1) is 20.5. The van der Waals surface area contributed by atoms with Crippen molar-refractivity contribution in [2.45, 2.75) is 6.92 Å². The number of halogens is 2. The molecule has 0 aliphatic carbocycles. The van der Waals surface area contributed by atoms with Crippen LogP contribution in [-0.2, 0) is 0 Å². The molecule has 0 spiro atoms. The number of nitrogens with zero attached hydrogens (tertiary/aromatic N) is 6. The van der Waals surface area contributed by atoms with Crippen molar-refractivity contribution in [1.82, 2.24) is 30.7 Å². The molecule has 2 aromatic carbocycles. The van der Waals surface area contributed by atoms with E-state index in [-0.39, 0.29) is 17.3 Å². The highest BCUT2D eigenvalue weighted by molar-refractivity contribution is 6.38. The van der Waals surface area contributed by atoms with E-state index < -0.39 is 5.91 Å². The molecule has 1 amide bonds. The molecule has 0 aliphatic rings. The summed E-state index contributed by atoms with van der Waals surface area (Å²) in [6, 6.07) is 12.4. The smallest absolute Gasteiger partial charge is 0.294 e. The summed E-state index contributed by atoms with van der Waals surface area (Å²) >= 11 is 12.2. The molecule has 3 N–H and O–H groups in total. The molecule has 0 unspecified atom stereocenters. The van der Waals surface area contributed by atoms with Crippen molar-refractivity contribution < 1.29 is 9.42 Å². The van der Waals surface area contributed by atoms with Crippen molar-refractivity contribution >= 4 is 41.1 Å². The van der Waals surface area contributed by atoms with E-state index in [9.17, 15) is 4.79 Å². The van der Waals surface area contributed by atoms with Crippen molar-refractivity contribution in [1.29, 1.82) is 0 Å². The molecule has 0 aliphatic heterocycles. The Hall–Kier alpha value is -3.76. The van der Waals surface area contributed by atoms with Gasteiger partial charge in [-0.1, -0.05) is 64.3 Å². The van der Waals surface area contributed by atoms with Gasteiger partial charge in [-0.05, 0) is 29.4 Å². The number of nitrogens with one attached hydrogen (secondary N) is 1. The standard InChI is InChI=1S/C19H14Cl2N8O2/c1-10-5-7-11(8-6-10)16-15(24-28-29(16)18-17(22)26-31-27-18)19(30)25-23-9-12-13(20)3-2-4-14(12)21/h2-9H,1H3,(H2,22,26)(H,25,30)/b23-9+. The van der Waals surface area contributed by atoms with Gasteiger partial charge in [-0.3, -0.25) is 4.79 Å². The Labute approximate surface area is 185 Å². The van der Waals surface area contributed by atoms with Crippen molar-refractivity contribution in [3.05, 3.63) is 69.3 Å². The highest BCUT2D eigenvalue weighted by atomic mass is 35.5. The minimum Gasteiger partial charge on any atom is -0.378 e. The van der Waals surface area contributed by atoms with Gasteiger partial charge in [0.25, 0.3) is 5.91 Å². The Morgan fingerprint density at radius 3 is 2.52 bits per heavy atom.